The van der Waals surface area contributed by atoms with Crippen LogP contribution in [0.15, 0.2) is 74.6 Å². The number of benzene rings is 2. The van der Waals surface area contributed by atoms with E-state index in [0.717, 1.165) is 48.6 Å². The number of para-hydroxylation sites is 1. The predicted octanol–water partition coefficient (Wildman–Crippen LogP) is 5.57. The van der Waals surface area contributed by atoms with Crippen LogP contribution in [-0.4, -0.2) is 23.7 Å². The highest BCUT2D eigenvalue weighted by Gasteiger charge is 2.27. The molecule has 5 rings (SSSR count). The van der Waals surface area contributed by atoms with Gasteiger partial charge < -0.3 is 13.7 Å². The van der Waals surface area contributed by atoms with E-state index in [1.165, 1.54) is 6.42 Å². The van der Waals surface area contributed by atoms with E-state index in [1.54, 1.807) is 13.4 Å². The van der Waals surface area contributed by atoms with Gasteiger partial charge in [-0.15, -0.1) is 0 Å². The monoisotopic (exact) mass is 430 g/mol. The van der Waals surface area contributed by atoms with Crippen molar-refractivity contribution in [1.29, 1.82) is 0 Å². The van der Waals surface area contributed by atoms with E-state index in [1.807, 2.05) is 54.6 Å². The Kier molecular flexibility index (Phi) is 5.77. The lowest BCUT2D eigenvalue weighted by molar-refractivity contribution is 0.159. The minimum absolute atomic E-state index is 0.0336. The first-order chi connectivity index (χ1) is 15.7. The maximum Gasteiger partial charge on any atom is 0.197 e. The van der Waals surface area contributed by atoms with E-state index in [2.05, 4.69) is 10.1 Å². The van der Waals surface area contributed by atoms with E-state index < -0.39 is 0 Å². The molecule has 0 bridgehead atoms. The molecule has 4 aromatic rings. The predicted molar refractivity (Wildman–Crippen MR) is 123 cm³/mol. The normalized spacial score (nSPS) is 17.3. The summed E-state index contributed by atoms with van der Waals surface area (Å²) in [6, 6.07) is 17.3. The van der Waals surface area contributed by atoms with Gasteiger partial charge in [-0.2, -0.15) is 0 Å². The Balaban J connectivity index is 1.43. The molecule has 3 heterocycles. The maximum atomic E-state index is 13.0. The van der Waals surface area contributed by atoms with Crippen LogP contribution in [-0.2, 0) is 6.54 Å². The van der Waals surface area contributed by atoms with Crippen LogP contribution in [0.2, 0.25) is 0 Å². The van der Waals surface area contributed by atoms with Gasteiger partial charge in [-0.05, 0) is 55.8 Å². The number of aromatic nitrogens is 1. The Morgan fingerprint density at radius 2 is 1.94 bits per heavy atom. The minimum Gasteiger partial charge on any atom is -0.497 e. The van der Waals surface area contributed by atoms with E-state index in [0.29, 0.717) is 23.1 Å². The number of methoxy groups -OCH3 is 1. The van der Waals surface area contributed by atoms with Gasteiger partial charge in [0, 0.05) is 23.7 Å². The SMILES string of the molecule is COc1ccc(-c2cc([C@@H]3CCCCCN3Cc3coc4ccccc4c3=O)on2)cc1. The van der Waals surface area contributed by atoms with Crippen molar-refractivity contribution in [2.24, 2.45) is 0 Å². The van der Waals surface area contributed by atoms with Crippen molar-refractivity contribution in [3.63, 3.8) is 0 Å². The zero-order valence-electron chi connectivity index (χ0n) is 18.1. The molecule has 0 spiro atoms. The third kappa shape index (κ3) is 4.06. The molecule has 0 saturated carbocycles. The fourth-order valence-electron chi connectivity index (χ4n) is 4.47. The molecule has 1 aliphatic rings. The smallest absolute Gasteiger partial charge is 0.197 e. The number of rotatable bonds is 5. The molecular weight excluding hydrogens is 404 g/mol. The van der Waals surface area contributed by atoms with Crippen molar-refractivity contribution in [2.75, 3.05) is 13.7 Å². The van der Waals surface area contributed by atoms with Gasteiger partial charge in [-0.3, -0.25) is 9.69 Å². The summed E-state index contributed by atoms with van der Waals surface area (Å²) in [6.07, 6.45) is 5.95. The fourth-order valence-corrected chi connectivity index (χ4v) is 4.47. The van der Waals surface area contributed by atoms with Gasteiger partial charge >= 0.3 is 0 Å². The van der Waals surface area contributed by atoms with E-state index >= 15 is 0 Å². The second kappa shape index (κ2) is 9.01. The van der Waals surface area contributed by atoms with Crippen LogP contribution >= 0.6 is 0 Å². The number of nitrogens with zero attached hydrogens (tertiary/aromatic N) is 2. The Hall–Kier alpha value is -3.38. The number of likely N-dealkylation sites (tertiary alicyclic amines) is 1. The zero-order chi connectivity index (χ0) is 21.9. The summed E-state index contributed by atoms with van der Waals surface area (Å²) in [5.41, 5.74) is 3.11. The molecule has 1 aliphatic heterocycles. The first-order valence-electron chi connectivity index (χ1n) is 11.1. The number of hydrogen-bond acceptors (Lipinski definition) is 6. The molecule has 0 aliphatic carbocycles. The highest BCUT2D eigenvalue weighted by molar-refractivity contribution is 5.76. The zero-order valence-corrected chi connectivity index (χ0v) is 18.1. The van der Waals surface area contributed by atoms with Gasteiger partial charge in [0.25, 0.3) is 0 Å². The van der Waals surface area contributed by atoms with Crippen molar-refractivity contribution in [2.45, 2.75) is 38.3 Å². The van der Waals surface area contributed by atoms with Gasteiger partial charge in [0.1, 0.15) is 17.0 Å². The van der Waals surface area contributed by atoms with Crippen LogP contribution in [0.25, 0.3) is 22.2 Å². The van der Waals surface area contributed by atoms with Gasteiger partial charge in [0.15, 0.2) is 11.2 Å². The summed E-state index contributed by atoms with van der Waals surface area (Å²) >= 11 is 0. The molecular formula is C26H26N2O4. The molecule has 6 nitrogen and oxygen atoms in total. The molecule has 6 heteroatoms. The third-order valence-electron chi connectivity index (χ3n) is 6.23. The third-order valence-corrected chi connectivity index (χ3v) is 6.23. The van der Waals surface area contributed by atoms with E-state index in [4.69, 9.17) is 13.7 Å². The molecule has 0 radical (unpaired) electrons. The van der Waals surface area contributed by atoms with Crippen molar-refractivity contribution >= 4 is 11.0 Å². The summed E-state index contributed by atoms with van der Waals surface area (Å²) in [4.78, 5) is 15.4. The highest BCUT2D eigenvalue weighted by Crippen LogP contribution is 2.33. The molecule has 1 saturated heterocycles. The van der Waals surface area contributed by atoms with Crippen LogP contribution in [0, 0.1) is 0 Å². The van der Waals surface area contributed by atoms with Gasteiger partial charge in [-0.1, -0.05) is 30.1 Å². The quantitative estimate of drug-likeness (QED) is 0.412. The molecule has 2 aromatic heterocycles. The van der Waals surface area contributed by atoms with Crippen LogP contribution in [0.1, 0.15) is 43.0 Å². The number of fused-ring (bicyclic) bond motifs is 1. The first kappa shape index (κ1) is 20.5. The van der Waals surface area contributed by atoms with Crippen molar-refractivity contribution < 1.29 is 13.7 Å². The average molecular weight is 431 g/mol. The van der Waals surface area contributed by atoms with Gasteiger partial charge in [-0.25, -0.2) is 0 Å². The van der Waals surface area contributed by atoms with Crippen molar-refractivity contribution in [3.05, 3.63) is 82.4 Å². The van der Waals surface area contributed by atoms with Crippen molar-refractivity contribution in [1.82, 2.24) is 10.1 Å². The average Bonchev–Trinajstić information content (AvgIpc) is 3.21. The molecule has 2 aromatic carbocycles. The molecule has 0 unspecified atom stereocenters. The first-order valence-corrected chi connectivity index (χ1v) is 11.1. The summed E-state index contributed by atoms with van der Waals surface area (Å²) in [5, 5.41) is 4.95. The lowest BCUT2D eigenvalue weighted by Gasteiger charge is -2.27. The standard InChI is InChI=1S/C26H26N2O4/c1-30-20-12-10-18(11-13-20)22-15-25(32-27-22)23-8-3-2-6-14-28(23)16-19-17-31-24-9-5-4-7-21(24)26(19)29/h4-5,7,9-13,15,17,23H,2-3,6,8,14,16H2,1H3/t23-/m0/s1. The second-order valence-electron chi connectivity index (χ2n) is 8.26. The lowest BCUT2D eigenvalue weighted by Crippen LogP contribution is -2.30. The minimum atomic E-state index is 0.0336. The summed E-state index contributed by atoms with van der Waals surface area (Å²) in [5.74, 6) is 1.64. The molecule has 0 N–H and O–H groups in total. The lowest BCUT2D eigenvalue weighted by atomic mass is 10.0. The molecule has 1 fully saturated rings. The highest BCUT2D eigenvalue weighted by atomic mass is 16.5. The summed E-state index contributed by atoms with van der Waals surface area (Å²) < 4.78 is 16.8. The number of ether oxygens (including phenoxy) is 1. The van der Waals surface area contributed by atoms with E-state index in [9.17, 15) is 4.79 Å². The number of hydrogen-bond donors (Lipinski definition) is 0. The second-order valence-corrected chi connectivity index (χ2v) is 8.26. The Bertz CT molecular complexity index is 1260. The molecule has 164 valence electrons. The topological polar surface area (TPSA) is 68.7 Å². The summed E-state index contributed by atoms with van der Waals surface area (Å²) in [7, 11) is 1.65. The van der Waals surface area contributed by atoms with Crippen LogP contribution in [0.3, 0.4) is 0 Å². The van der Waals surface area contributed by atoms with Crippen LogP contribution in [0.4, 0.5) is 0 Å². The van der Waals surface area contributed by atoms with E-state index in [-0.39, 0.29) is 11.5 Å². The molecule has 1 atom stereocenters. The van der Waals surface area contributed by atoms with Gasteiger partial charge in [0.2, 0.25) is 0 Å². The Morgan fingerprint density at radius 1 is 1.09 bits per heavy atom. The summed E-state index contributed by atoms with van der Waals surface area (Å²) in [6.45, 7) is 1.42. The Labute approximate surface area is 186 Å². The largest absolute Gasteiger partial charge is 0.497 e. The van der Waals surface area contributed by atoms with Crippen LogP contribution in [0.5, 0.6) is 5.75 Å². The molecule has 32 heavy (non-hydrogen) atoms. The van der Waals surface area contributed by atoms with Gasteiger partial charge in [0.05, 0.1) is 24.8 Å². The Morgan fingerprint density at radius 3 is 2.78 bits per heavy atom. The molecule has 0 amide bonds. The van der Waals surface area contributed by atoms with Crippen LogP contribution < -0.4 is 10.2 Å². The maximum absolute atomic E-state index is 13.0. The fraction of sp³-hybridized carbons (Fsp3) is 0.308. The van der Waals surface area contributed by atoms with Crippen molar-refractivity contribution in [3.8, 4) is 17.0 Å².